The van der Waals surface area contributed by atoms with Gasteiger partial charge in [-0.3, -0.25) is 0 Å². The minimum Gasteiger partial charge on any atom is -0.378 e. The number of hydrogen-bond donors (Lipinski definition) is 1. The van der Waals surface area contributed by atoms with E-state index in [1.165, 1.54) is 11.6 Å². The van der Waals surface area contributed by atoms with Crippen LogP contribution in [-0.4, -0.2) is 0 Å². The Kier molecular flexibility index (Phi) is 3.43. The van der Waals surface area contributed by atoms with Crippen LogP contribution >= 0.6 is 0 Å². The third-order valence-corrected chi connectivity index (χ3v) is 2.87. The van der Waals surface area contributed by atoms with Crippen LogP contribution in [0.15, 0.2) is 48.5 Å². The lowest BCUT2D eigenvalue weighted by Gasteiger charge is -2.17. The fraction of sp³-hybridized carbons (Fsp3) is 0.200. The Bertz CT molecular complexity index is 508. The molecule has 0 amide bonds. The molecule has 0 saturated carbocycles. The lowest BCUT2D eigenvalue weighted by Crippen LogP contribution is -2.07. The van der Waals surface area contributed by atoms with Crippen molar-refractivity contribution in [3.05, 3.63) is 65.5 Å². The summed E-state index contributed by atoms with van der Waals surface area (Å²) < 4.78 is 13.1. The van der Waals surface area contributed by atoms with E-state index in [-0.39, 0.29) is 11.9 Å². The smallest absolute Gasteiger partial charge is 0.123 e. The number of para-hydroxylation sites is 1. The van der Waals surface area contributed by atoms with Gasteiger partial charge in [-0.05, 0) is 43.2 Å². The Morgan fingerprint density at radius 3 is 2.53 bits per heavy atom. The van der Waals surface area contributed by atoms with Gasteiger partial charge in [-0.1, -0.05) is 30.3 Å². The molecule has 1 unspecified atom stereocenters. The van der Waals surface area contributed by atoms with Crippen LogP contribution in [0.25, 0.3) is 0 Å². The van der Waals surface area contributed by atoms with Gasteiger partial charge in [0.1, 0.15) is 5.82 Å². The molecule has 0 radical (unpaired) electrons. The highest BCUT2D eigenvalue weighted by molar-refractivity contribution is 5.51. The molecule has 0 aliphatic rings. The molecule has 88 valence electrons. The van der Waals surface area contributed by atoms with E-state index in [1.54, 1.807) is 12.1 Å². The highest BCUT2D eigenvalue weighted by Gasteiger charge is 2.06. The van der Waals surface area contributed by atoms with E-state index in [0.717, 1.165) is 11.3 Å². The van der Waals surface area contributed by atoms with Crippen molar-refractivity contribution < 1.29 is 4.39 Å². The van der Waals surface area contributed by atoms with Gasteiger partial charge < -0.3 is 5.32 Å². The first-order valence-electron chi connectivity index (χ1n) is 5.74. The number of hydrogen-bond acceptors (Lipinski definition) is 1. The summed E-state index contributed by atoms with van der Waals surface area (Å²) in [6.45, 7) is 4.09. The molecule has 0 fully saturated rings. The van der Waals surface area contributed by atoms with Crippen molar-refractivity contribution >= 4 is 5.69 Å². The number of benzene rings is 2. The third-order valence-electron chi connectivity index (χ3n) is 2.87. The highest BCUT2D eigenvalue weighted by atomic mass is 19.1. The number of nitrogens with one attached hydrogen (secondary N) is 1. The molecule has 2 aromatic rings. The van der Waals surface area contributed by atoms with E-state index in [2.05, 4.69) is 18.3 Å². The number of halogens is 1. The molecule has 2 heteroatoms. The van der Waals surface area contributed by atoms with Crippen molar-refractivity contribution in [3.63, 3.8) is 0 Å². The van der Waals surface area contributed by atoms with Gasteiger partial charge in [0.2, 0.25) is 0 Å². The fourth-order valence-electron chi connectivity index (χ4n) is 1.83. The minimum absolute atomic E-state index is 0.0896. The van der Waals surface area contributed by atoms with Gasteiger partial charge in [0.15, 0.2) is 0 Å². The van der Waals surface area contributed by atoms with E-state index < -0.39 is 0 Å². The van der Waals surface area contributed by atoms with Crippen molar-refractivity contribution in [3.8, 4) is 0 Å². The zero-order valence-electron chi connectivity index (χ0n) is 10.1. The van der Waals surface area contributed by atoms with Gasteiger partial charge in [-0.2, -0.15) is 0 Å². The van der Waals surface area contributed by atoms with E-state index in [0.29, 0.717) is 0 Å². The summed E-state index contributed by atoms with van der Waals surface area (Å²) in [5, 5.41) is 3.39. The molecule has 2 rings (SSSR count). The SMILES string of the molecule is Cc1ccccc1NC(C)c1cccc(F)c1. The quantitative estimate of drug-likeness (QED) is 0.827. The van der Waals surface area contributed by atoms with Gasteiger partial charge >= 0.3 is 0 Å². The molecule has 1 atom stereocenters. The van der Waals surface area contributed by atoms with Crippen molar-refractivity contribution in [2.24, 2.45) is 0 Å². The molecule has 0 aliphatic heterocycles. The Morgan fingerprint density at radius 2 is 1.82 bits per heavy atom. The predicted molar refractivity (Wildman–Crippen MR) is 69.6 cm³/mol. The first kappa shape index (κ1) is 11.6. The summed E-state index contributed by atoms with van der Waals surface area (Å²) in [7, 11) is 0. The number of rotatable bonds is 3. The lowest BCUT2D eigenvalue weighted by molar-refractivity contribution is 0.623. The third kappa shape index (κ3) is 2.84. The molecule has 1 nitrogen and oxygen atoms in total. The van der Waals surface area contributed by atoms with Gasteiger partial charge in [-0.25, -0.2) is 4.39 Å². The molecule has 0 bridgehead atoms. The first-order chi connectivity index (χ1) is 8.16. The molecule has 0 heterocycles. The average molecular weight is 229 g/mol. The molecule has 2 aromatic carbocycles. The summed E-state index contributed by atoms with van der Waals surface area (Å²) in [4.78, 5) is 0. The standard InChI is InChI=1S/C15H16FN/c1-11-6-3-4-9-15(11)17-12(2)13-7-5-8-14(16)10-13/h3-10,12,17H,1-2H3. The largest absolute Gasteiger partial charge is 0.378 e. The van der Waals surface area contributed by atoms with E-state index in [9.17, 15) is 4.39 Å². The molecule has 1 N–H and O–H groups in total. The second kappa shape index (κ2) is 5.00. The van der Waals surface area contributed by atoms with Gasteiger partial charge in [-0.15, -0.1) is 0 Å². The molecule has 0 spiro atoms. The Hall–Kier alpha value is -1.83. The lowest BCUT2D eigenvalue weighted by atomic mass is 10.1. The molecule has 0 saturated heterocycles. The van der Waals surface area contributed by atoms with Crippen LogP contribution in [0.4, 0.5) is 10.1 Å². The normalized spacial score (nSPS) is 12.2. The second-order valence-electron chi connectivity index (χ2n) is 4.24. The number of aryl methyl sites for hydroxylation is 1. The maximum Gasteiger partial charge on any atom is 0.123 e. The maximum atomic E-state index is 13.1. The monoisotopic (exact) mass is 229 g/mol. The van der Waals surface area contributed by atoms with E-state index in [1.807, 2.05) is 31.2 Å². The topological polar surface area (TPSA) is 12.0 Å². The molecular formula is C15H16FN. The van der Waals surface area contributed by atoms with Crippen LogP contribution in [0.3, 0.4) is 0 Å². The van der Waals surface area contributed by atoms with Crippen LogP contribution < -0.4 is 5.32 Å². The van der Waals surface area contributed by atoms with Crippen molar-refractivity contribution in [2.75, 3.05) is 5.32 Å². The fourth-order valence-corrected chi connectivity index (χ4v) is 1.83. The zero-order valence-corrected chi connectivity index (χ0v) is 10.1. The minimum atomic E-state index is -0.194. The van der Waals surface area contributed by atoms with Crippen molar-refractivity contribution in [1.82, 2.24) is 0 Å². The summed E-state index contributed by atoms with van der Waals surface area (Å²) in [5.41, 5.74) is 3.23. The van der Waals surface area contributed by atoms with Gasteiger partial charge in [0, 0.05) is 11.7 Å². The zero-order chi connectivity index (χ0) is 12.3. The summed E-state index contributed by atoms with van der Waals surface area (Å²) >= 11 is 0. The highest BCUT2D eigenvalue weighted by Crippen LogP contribution is 2.22. The van der Waals surface area contributed by atoms with Crippen LogP contribution in [0.5, 0.6) is 0 Å². The molecular weight excluding hydrogens is 213 g/mol. The molecule has 0 aromatic heterocycles. The van der Waals surface area contributed by atoms with Crippen molar-refractivity contribution in [2.45, 2.75) is 19.9 Å². The van der Waals surface area contributed by atoms with Crippen LogP contribution in [0.2, 0.25) is 0 Å². The summed E-state index contributed by atoms with van der Waals surface area (Å²) in [5.74, 6) is -0.194. The van der Waals surface area contributed by atoms with Crippen LogP contribution in [-0.2, 0) is 0 Å². The summed E-state index contributed by atoms with van der Waals surface area (Å²) in [6.07, 6.45) is 0. The molecule has 0 aliphatic carbocycles. The van der Waals surface area contributed by atoms with E-state index in [4.69, 9.17) is 0 Å². The van der Waals surface area contributed by atoms with Gasteiger partial charge in [0.25, 0.3) is 0 Å². The summed E-state index contributed by atoms with van der Waals surface area (Å²) in [6, 6.07) is 14.9. The maximum absolute atomic E-state index is 13.1. The Labute approximate surface area is 101 Å². The number of anilines is 1. The van der Waals surface area contributed by atoms with Crippen molar-refractivity contribution in [1.29, 1.82) is 0 Å². The van der Waals surface area contributed by atoms with E-state index >= 15 is 0 Å². The predicted octanol–water partition coefficient (Wildman–Crippen LogP) is 4.31. The van der Waals surface area contributed by atoms with Crippen LogP contribution in [0.1, 0.15) is 24.1 Å². The average Bonchev–Trinajstić information content (AvgIpc) is 2.32. The molecule has 17 heavy (non-hydrogen) atoms. The van der Waals surface area contributed by atoms with Crippen LogP contribution in [0, 0.1) is 12.7 Å². The second-order valence-corrected chi connectivity index (χ2v) is 4.24. The van der Waals surface area contributed by atoms with Gasteiger partial charge in [0.05, 0.1) is 0 Å². The first-order valence-corrected chi connectivity index (χ1v) is 5.74. The Morgan fingerprint density at radius 1 is 1.06 bits per heavy atom. The Balaban J connectivity index is 2.17.